The van der Waals surface area contributed by atoms with Crippen LogP contribution in [-0.4, -0.2) is 47.1 Å². The van der Waals surface area contributed by atoms with Gasteiger partial charge in [-0.05, 0) is 38.3 Å². The number of carbonyl (C=O) groups is 1. The van der Waals surface area contributed by atoms with Crippen LogP contribution in [0.2, 0.25) is 0 Å². The summed E-state index contributed by atoms with van der Waals surface area (Å²) in [4.78, 5) is 20.4. The van der Waals surface area contributed by atoms with Crippen LogP contribution in [0, 0.1) is 0 Å². The van der Waals surface area contributed by atoms with Gasteiger partial charge in [-0.15, -0.1) is 0 Å². The van der Waals surface area contributed by atoms with Gasteiger partial charge in [-0.3, -0.25) is 4.79 Å². The van der Waals surface area contributed by atoms with E-state index >= 15 is 0 Å². The number of amides is 1. The molecule has 1 fully saturated rings. The molecular weight excluding hydrogens is 281 g/mol. The molecule has 1 aliphatic heterocycles. The minimum Gasteiger partial charge on any atom is -0.353 e. The van der Waals surface area contributed by atoms with Crippen molar-refractivity contribution in [1.29, 1.82) is 0 Å². The fourth-order valence-corrected chi connectivity index (χ4v) is 3.08. The van der Waals surface area contributed by atoms with Crippen LogP contribution in [0.5, 0.6) is 0 Å². The molecule has 0 saturated carbocycles. The number of carbonyl (C=O) groups excluding carboxylic acids is 1. The maximum Gasteiger partial charge on any atom is 0.257 e. The molecule has 0 aliphatic carbocycles. The van der Waals surface area contributed by atoms with Crippen molar-refractivity contribution in [3.63, 3.8) is 0 Å². The number of alkyl halides is 1. The molecule has 1 saturated heterocycles. The molecule has 0 spiro atoms. The predicted octanol–water partition coefficient (Wildman–Crippen LogP) is 2.99. The lowest BCUT2D eigenvalue weighted by Gasteiger charge is -2.45. The fourth-order valence-electron chi connectivity index (χ4n) is 3.08. The Bertz CT molecular complexity index is 503. The molecule has 1 amide bonds. The highest BCUT2D eigenvalue weighted by Crippen LogP contribution is 2.23. The van der Waals surface area contributed by atoms with Crippen molar-refractivity contribution in [3.8, 4) is 0 Å². The Morgan fingerprint density at radius 3 is 2.23 bits per heavy atom. The molecule has 1 aromatic heterocycles. The SMILES string of the molecule is CC(F)C(=O)N1C(C)CN(c2ccc(C(C)C)cn2)CC1C. The highest BCUT2D eigenvalue weighted by molar-refractivity contribution is 5.81. The summed E-state index contributed by atoms with van der Waals surface area (Å²) in [7, 11) is 0. The van der Waals surface area contributed by atoms with Crippen LogP contribution in [0.25, 0.3) is 0 Å². The standard InChI is InChI=1S/C17H26FN3O/c1-11(2)15-6-7-16(19-8-15)20-9-12(3)21(13(4)10-20)17(22)14(5)18/h6-8,11-14H,9-10H2,1-5H3. The summed E-state index contributed by atoms with van der Waals surface area (Å²) >= 11 is 0. The summed E-state index contributed by atoms with van der Waals surface area (Å²) in [5, 5.41) is 0. The minimum atomic E-state index is -1.44. The first-order chi connectivity index (χ1) is 10.3. The average molecular weight is 307 g/mol. The van der Waals surface area contributed by atoms with E-state index in [4.69, 9.17) is 0 Å². The van der Waals surface area contributed by atoms with Crippen molar-refractivity contribution in [2.24, 2.45) is 0 Å². The Morgan fingerprint density at radius 1 is 1.23 bits per heavy atom. The summed E-state index contributed by atoms with van der Waals surface area (Å²) < 4.78 is 13.3. The Labute approximate surface area is 132 Å². The van der Waals surface area contributed by atoms with Crippen LogP contribution in [0.1, 0.15) is 46.1 Å². The second-order valence-electron chi connectivity index (χ2n) is 6.57. The summed E-state index contributed by atoms with van der Waals surface area (Å²) in [6, 6.07) is 4.08. The molecule has 2 rings (SSSR count). The molecule has 122 valence electrons. The van der Waals surface area contributed by atoms with Crippen molar-refractivity contribution in [3.05, 3.63) is 23.9 Å². The molecule has 5 heteroatoms. The topological polar surface area (TPSA) is 36.4 Å². The van der Waals surface area contributed by atoms with Gasteiger partial charge < -0.3 is 9.80 Å². The molecule has 1 aliphatic rings. The van der Waals surface area contributed by atoms with E-state index in [1.165, 1.54) is 12.5 Å². The fraction of sp³-hybridized carbons (Fsp3) is 0.647. The Kier molecular flexibility index (Phi) is 5.04. The third kappa shape index (κ3) is 3.39. The van der Waals surface area contributed by atoms with Crippen molar-refractivity contribution >= 4 is 11.7 Å². The zero-order valence-electron chi connectivity index (χ0n) is 14.1. The number of rotatable bonds is 3. The monoisotopic (exact) mass is 307 g/mol. The van der Waals surface area contributed by atoms with Gasteiger partial charge in [-0.1, -0.05) is 19.9 Å². The molecule has 0 radical (unpaired) electrons. The second-order valence-corrected chi connectivity index (χ2v) is 6.57. The molecule has 0 bridgehead atoms. The van der Waals surface area contributed by atoms with E-state index in [0.29, 0.717) is 19.0 Å². The van der Waals surface area contributed by atoms with Gasteiger partial charge in [0.25, 0.3) is 5.91 Å². The van der Waals surface area contributed by atoms with Crippen LogP contribution in [0.15, 0.2) is 18.3 Å². The van der Waals surface area contributed by atoms with Gasteiger partial charge in [-0.25, -0.2) is 9.37 Å². The molecule has 2 heterocycles. The number of hydrogen-bond acceptors (Lipinski definition) is 3. The van der Waals surface area contributed by atoms with Gasteiger partial charge in [0.1, 0.15) is 5.82 Å². The zero-order chi connectivity index (χ0) is 16.4. The summed E-state index contributed by atoms with van der Waals surface area (Å²) in [6.45, 7) is 10.9. The van der Waals surface area contributed by atoms with Crippen molar-refractivity contribution in [2.75, 3.05) is 18.0 Å². The van der Waals surface area contributed by atoms with Gasteiger partial charge >= 0.3 is 0 Å². The zero-order valence-corrected chi connectivity index (χ0v) is 14.1. The molecule has 3 atom stereocenters. The van der Waals surface area contributed by atoms with Crippen LogP contribution in [0.4, 0.5) is 10.2 Å². The number of aromatic nitrogens is 1. The van der Waals surface area contributed by atoms with E-state index in [9.17, 15) is 9.18 Å². The quantitative estimate of drug-likeness (QED) is 0.861. The Balaban J connectivity index is 2.12. The van der Waals surface area contributed by atoms with Crippen LogP contribution in [-0.2, 0) is 4.79 Å². The van der Waals surface area contributed by atoms with Crippen LogP contribution >= 0.6 is 0 Å². The first kappa shape index (κ1) is 16.7. The second kappa shape index (κ2) is 6.63. The predicted molar refractivity (Wildman–Crippen MR) is 86.9 cm³/mol. The first-order valence-corrected chi connectivity index (χ1v) is 7.98. The van der Waals surface area contributed by atoms with E-state index in [0.717, 1.165) is 5.82 Å². The van der Waals surface area contributed by atoms with E-state index in [-0.39, 0.29) is 12.1 Å². The molecule has 4 nitrogen and oxygen atoms in total. The van der Waals surface area contributed by atoms with Gasteiger partial charge in [-0.2, -0.15) is 0 Å². The third-order valence-corrected chi connectivity index (χ3v) is 4.28. The number of nitrogens with zero attached hydrogens (tertiary/aromatic N) is 3. The largest absolute Gasteiger partial charge is 0.353 e. The Morgan fingerprint density at radius 2 is 1.82 bits per heavy atom. The van der Waals surface area contributed by atoms with Gasteiger partial charge in [0, 0.05) is 31.4 Å². The molecule has 0 N–H and O–H groups in total. The van der Waals surface area contributed by atoms with E-state index in [1.54, 1.807) is 4.90 Å². The lowest BCUT2D eigenvalue weighted by molar-refractivity contribution is -0.140. The lowest BCUT2D eigenvalue weighted by Crippen LogP contribution is -2.60. The maximum atomic E-state index is 13.3. The van der Waals surface area contributed by atoms with Crippen LogP contribution < -0.4 is 4.90 Å². The molecule has 0 aromatic carbocycles. The van der Waals surface area contributed by atoms with Gasteiger partial charge in [0.05, 0.1) is 0 Å². The first-order valence-electron chi connectivity index (χ1n) is 7.98. The van der Waals surface area contributed by atoms with Gasteiger partial charge in [0.15, 0.2) is 6.17 Å². The van der Waals surface area contributed by atoms with E-state index < -0.39 is 12.1 Å². The third-order valence-electron chi connectivity index (χ3n) is 4.28. The molecule has 3 unspecified atom stereocenters. The van der Waals surface area contributed by atoms with Crippen molar-refractivity contribution in [2.45, 2.75) is 58.8 Å². The summed E-state index contributed by atoms with van der Waals surface area (Å²) in [6.07, 6.45) is 0.469. The Hall–Kier alpha value is -1.65. The highest BCUT2D eigenvalue weighted by atomic mass is 19.1. The molecular formula is C17H26FN3O. The average Bonchev–Trinajstić information content (AvgIpc) is 2.46. The van der Waals surface area contributed by atoms with Crippen molar-refractivity contribution in [1.82, 2.24) is 9.88 Å². The number of piperazine rings is 1. The van der Waals surface area contributed by atoms with Crippen LogP contribution in [0.3, 0.4) is 0 Å². The van der Waals surface area contributed by atoms with Crippen molar-refractivity contribution < 1.29 is 9.18 Å². The minimum absolute atomic E-state index is 0.0268. The number of halogens is 1. The highest BCUT2D eigenvalue weighted by Gasteiger charge is 2.35. The number of pyridine rings is 1. The number of anilines is 1. The maximum absolute atomic E-state index is 13.3. The normalized spacial score (nSPS) is 23.8. The molecule has 22 heavy (non-hydrogen) atoms. The summed E-state index contributed by atoms with van der Waals surface area (Å²) in [5.74, 6) is 0.964. The van der Waals surface area contributed by atoms with Gasteiger partial charge in [0.2, 0.25) is 0 Å². The smallest absolute Gasteiger partial charge is 0.257 e. The number of hydrogen-bond donors (Lipinski definition) is 0. The van der Waals surface area contributed by atoms with E-state index in [1.807, 2.05) is 26.1 Å². The van der Waals surface area contributed by atoms with E-state index in [2.05, 4.69) is 29.8 Å². The summed E-state index contributed by atoms with van der Waals surface area (Å²) in [5.41, 5.74) is 1.21. The lowest BCUT2D eigenvalue weighted by atomic mass is 10.0. The molecule has 1 aromatic rings.